The fraction of sp³-hybridized carbons (Fsp3) is 0.364. The predicted octanol–water partition coefficient (Wildman–Crippen LogP) is 3.24. The Balaban J connectivity index is 1.36. The zero-order valence-corrected chi connectivity index (χ0v) is 15.2. The van der Waals surface area contributed by atoms with Crippen LogP contribution in [0.3, 0.4) is 0 Å². The van der Waals surface area contributed by atoms with Crippen LogP contribution in [0.1, 0.15) is 30.1 Å². The maximum atomic E-state index is 13.5. The summed E-state index contributed by atoms with van der Waals surface area (Å²) in [5.41, 5.74) is 2.72. The summed E-state index contributed by atoms with van der Waals surface area (Å²) in [4.78, 5) is 23.6. The molecule has 2 aromatic carbocycles. The van der Waals surface area contributed by atoms with E-state index < -0.39 is 5.41 Å². The number of hydrogen-bond acceptors (Lipinski definition) is 3. The fourth-order valence-corrected chi connectivity index (χ4v) is 4.39. The lowest BCUT2D eigenvalue weighted by Gasteiger charge is -2.46. The number of H-pyrrole nitrogens is 1. The van der Waals surface area contributed by atoms with Crippen LogP contribution in [0.5, 0.6) is 0 Å². The maximum absolute atomic E-state index is 13.5. The van der Waals surface area contributed by atoms with E-state index in [4.69, 9.17) is 9.72 Å². The topological polar surface area (TPSA) is 58.2 Å². The molecule has 0 atom stereocenters. The molecule has 1 aromatic heterocycles. The van der Waals surface area contributed by atoms with Gasteiger partial charge in [-0.25, -0.2) is 4.98 Å². The second-order valence-electron chi connectivity index (χ2n) is 7.61. The molecule has 0 radical (unpaired) electrons. The van der Waals surface area contributed by atoms with Crippen LogP contribution in [0, 0.1) is 0 Å². The van der Waals surface area contributed by atoms with E-state index in [0.29, 0.717) is 13.2 Å². The lowest BCUT2D eigenvalue weighted by atomic mass is 9.72. The van der Waals surface area contributed by atoms with E-state index in [1.54, 1.807) is 0 Å². The highest BCUT2D eigenvalue weighted by Crippen LogP contribution is 2.39. The molecule has 2 aliphatic heterocycles. The van der Waals surface area contributed by atoms with Crippen molar-refractivity contribution in [3.63, 3.8) is 0 Å². The van der Waals surface area contributed by atoms with Crippen molar-refractivity contribution in [2.75, 3.05) is 26.3 Å². The molecule has 2 fully saturated rings. The second kappa shape index (κ2) is 6.50. The Bertz CT molecular complexity index is 921. The minimum absolute atomic E-state index is 0.240. The fourth-order valence-electron chi connectivity index (χ4n) is 4.39. The van der Waals surface area contributed by atoms with E-state index in [9.17, 15) is 4.79 Å². The number of rotatable bonds is 3. The van der Waals surface area contributed by atoms with Crippen molar-refractivity contribution < 1.29 is 9.53 Å². The highest BCUT2D eigenvalue weighted by atomic mass is 16.5. The van der Waals surface area contributed by atoms with Crippen LogP contribution < -0.4 is 0 Å². The van der Waals surface area contributed by atoms with Crippen LogP contribution in [0.2, 0.25) is 0 Å². The number of imidazole rings is 1. The number of hydrogen-bond donors (Lipinski definition) is 1. The van der Waals surface area contributed by atoms with Gasteiger partial charge in [0, 0.05) is 26.3 Å². The van der Waals surface area contributed by atoms with Gasteiger partial charge < -0.3 is 14.6 Å². The number of likely N-dealkylation sites (tertiary alicyclic amines) is 1. The standard InChI is InChI=1S/C22H23N3O2/c26-21(22(10-12-27-13-11-22)17-6-2-1-3-7-17)25-14-16(15-25)20-23-18-8-4-5-9-19(18)24-20/h1-9,16H,10-15H2,(H,23,24). The number of para-hydroxylation sites is 2. The molecular weight excluding hydrogens is 338 g/mol. The van der Waals surface area contributed by atoms with Crippen LogP contribution in [-0.2, 0) is 14.9 Å². The van der Waals surface area contributed by atoms with E-state index in [2.05, 4.69) is 17.1 Å². The van der Waals surface area contributed by atoms with Crippen molar-refractivity contribution in [1.29, 1.82) is 0 Å². The Morgan fingerprint density at radius 1 is 1.04 bits per heavy atom. The molecule has 5 heteroatoms. The number of aromatic nitrogens is 2. The van der Waals surface area contributed by atoms with Gasteiger partial charge in [-0.2, -0.15) is 0 Å². The molecule has 3 aromatic rings. The first-order chi connectivity index (χ1) is 13.3. The third kappa shape index (κ3) is 2.73. The largest absolute Gasteiger partial charge is 0.381 e. The van der Waals surface area contributed by atoms with E-state index in [1.165, 1.54) is 0 Å². The average Bonchev–Trinajstić information content (AvgIpc) is 3.11. The van der Waals surface area contributed by atoms with Crippen LogP contribution in [0.15, 0.2) is 54.6 Å². The van der Waals surface area contributed by atoms with Crippen molar-refractivity contribution in [3.8, 4) is 0 Å². The third-order valence-corrected chi connectivity index (χ3v) is 6.05. The summed E-state index contributed by atoms with van der Waals surface area (Å²) in [5.74, 6) is 1.51. The first-order valence-corrected chi connectivity index (χ1v) is 9.64. The quantitative estimate of drug-likeness (QED) is 0.779. The third-order valence-electron chi connectivity index (χ3n) is 6.05. The molecular formula is C22H23N3O2. The van der Waals surface area contributed by atoms with Crippen molar-refractivity contribution in [2.24, 2.45) is 0 Å². The summed E-state index contributed by atoms with van der Waals surface area (Å²) < 4.78 is 5.57. The van der Waals surface area contributed by atoms with Gasteiger partial charge in [0.15, 0.2) is 0 Å². The Morgan fingerprint density at radius 2 is 1.74 bits per heavy atom. The molecule has 0 unspecified atom stereocenters. The van der Waals surface area contributed by atoms with Crippen molar-refractivity contribution >= 4 is 16.9 Å². The van der Waals surface area contributed by atoms with E-state index in [-0.39, 0.29) is 11.8 Å². The van der Waals surface area contributed by atoms with Gasteiger partial charge in [-0.3, -0.25) is 4.79 Å². The molecule has 2 saturated heterocycles. The number of aromatic amines is 1. The van der Waals surface area contributed by atoms with E-state index >= 15 is 0 Å². The molecule has 138 valence electrons. The van der Waals surface area contributed by atoms with Gasteiger partial charge in [0.2, 0.25) is 5.91 Å². The smallest absolute Gasteiger partial charge is 0.233 e. The summed E-state index contributed by atoms with van der Waals surface area (Å²) in [6, 6.07) is 18.3. The Kier molecular flexibility index (Phi) is 3.97. The van der Waals surface area contributed by atoms with E-state index in [1.807, 2.05) is 47.4 Å². The van der Waals surface area contributed by atoms with Crippen LogP contribution >= 0.6 is 0 Å². The summed E-state index contributed by atoms with van der Waals surface area (Å²) >= 11 is 0. The maximum Gasteiger partial charge on any atom is 0.233 e. The van der Waals surface area contributed by atoms with Gasteiger partial charge in [0.05, 0.1) is 22.4 Å². The molecule has 5 rings (SSSR count). The number of carbonyl (C=O) groups is 1. The monoisotopic (exact) mass is 361 g/mol. The summed E-state index contributed by atoms with van der Waals surface area (Å²) in [7, 11) is 0. The number of ether oxygens (including phenoxy) is 1. The van der Waals surface area contributed by atoms with Gasteiger partial charge >= 0.3 is 0 Å². The van der Waals surface area contributed by atoms with Gasteiger partial charge in [-0.05, 0) is 30.5 Å². The minimum atomic E-state index is -0.446. The molecule has 0 aliphatic carbocycles. The lowest BCUT2D eigenvalue weighted by Crippen LogP contribution is -2.57. The first-order valence-electron chi connectivity index (χ1n) is 9.64. The number of amides is 1. The first kappa shape index (κ1) is 16.5. The molecule has 2 aliphatic rings. The highest BCUT2D eigenvalue weighted by Gasteiger charge is 2.47. The van der Waals surface area contributed by atoms with E-state index in [0.717, 1.165) is 48.4 Å². The SMILES string of the molecule is O=C(N1CC(c2nc3ccccc3[nH]2)C1)C1(c2ccccc2)CCOCC1. The molecule has 3 heterocycles. The van der Waals surface area contributed by atoms with Gasteiger partial charge in [0.1, 0.15) is 5.82 Å². The van der Waals surface area contributed by atoms with Crippen LogP contribution in [0.4, 0.5) is 0 Å². The number of nitrogens with one attached hydrogen (secondary N) is 1. The minimum Gasteiger partial charge on any atom is -0.381 e. The number of fused-ring (bicyclic) bond motifs is 1. The Hall–Kier alpha value is -2.66. The molecule has 5 nitrogen and oxygen atoms in total. The van der Waals surface area contributed by atoms with Gasteiger partial charge in [-0.15, -0.1) is 0 Å². The molecule has 0 bridgehead atoms. The Labute approximate surface area is 158 Å². The number of nitrogens with zero attached hydrogens (tertiary/aromatic N) is 2. The summed E-state index contributed by atoms with van der Waals surface area (Å²) in [5, 5.41) is 0. The van der Waals surface area contributed by atoms with Crippen LogP contribution in [-0.4, -0.2) is 47.1 Å². The summed E-state index contributed by atoms with van der Waals surface area (Å²) in [6.07, 6.45) is 1.50. The average molecular weight is 361 g/mol. The number of carbonyl (C=O) groups excluding carboxylic acids is 1. The highest BCUT2D eigenvalue weighted by molar-refractivity contribution is 5.89. The molecule has 27 heavy (non-hydrogen) atoms. The van der Waals surface area contributed by atoms with Crippen LogP contribution in [0.25, 0.3) is 11.0 Å². The van der Waals surface area contributed by atoms with Crippen molar-refractivity contribution in [1.82, 2.24) is 14.9 Å². The Morgan fingerprint density at radius 3 is 2.48 bits per heavy atom. The lowest BCUT2D eigenvalue weighted by molar-refractivity contribution is -0.146. The second-order valence-corrected chi connectivity index (χ2v) is 7.61. The molecule has 1 amide bonds. The predicted molar refractivity (Wildman–Crippen MR) is 104 cm³/mol. The zero-order valence-electron chi connectivity index (χ0n) is 15.2. The van der Waals surface area contributed by atoms with Gasteiger partial charge in [0.25, 0.3) is 0 Å². The van der Waals surface area contributed by atoms with Crippen molar-refractivity contribution in [2.45, 2.75) is 24.2 Å². The van der Waals surface area contributed by atoms with Crippen molar-refractivity contribution in [3.05, 3.63) is 66.0 Å². The number of benzene rings is 2. The molecule has 0 spiro atoms. The molecule has 0 saturated carbocycles. The normalized spacial score (nSPS) is 19.8. The van der Waals surface area contributed by atoms with Gasteiger partial charge in [-0.1, -0.05) is 42.5 Å². The summed E-state index contributed by atoms with van der Waals surface area (Å²) in [6.45, 7) is 2.74. The molecule has 1 N–H and O–H groups in total. The zero-order chi connectivity index (χ0) is 18.3.